The van der Waals surface area contributed by atoms with E-state index in [1.165, 1.54) is 11.8 Å². The van der Waals surface area contributed by atoms with Crippen molar-refractivity contribution >= 4 is 35.2 Å². The highest BCUT2D eigenvalue weighted by atomic mass is 32.2. The molecule has 1 aromatic rings. The maximum atomic E-state index is 11.7. The summed E-state index contributed by atoms with van der Waals surface area (Å²) in [4.78, 5) is 33.4. The summed E-state index contributed by atoms with van der Waals surface area (Å²) in [5.41, 5.74) is 1.83. The SMILES string of the molecule is Cc1cccc(NC(=O)CSCCC(=O)NCCC(=O)O)c1. The molecule has 0 radical (unpaired) electrons. The molecule has 0 aliphatic rings. The van der Waals surface area contributed by atoms with Crippen molar-refractivity contribution in [3.05, 3.63) is 29.8 Å². The Morgan fingerprint density at radius 3 is 2.64 bits per heavy atom. The van der Waals surface area contributed by atoms with E-state index in [2.05, 4.69) is 10.6 Å². The van der Waals surface area contributed by atoms with Gasteiger partial charge in [0.05, 0.1) is 12.2 Å². The number of nitrogens with one attached hydrogen (secondary N) is 2. The first-order valence-corrected chi connectivity index (χ1v) is 8.05. The molecule has 1 aromatic carbocycles. The third-order valence-electron chi connectivity index (χ3n) is 2.67. The van der Waals surface area contributed by atoms with Gasteiger partial charge in [-0.1, -0.05) is 12.1 Å². The minimum atomic E-state index is -0.942. The molecule has 120 valence electrons. The van der Waals surface area contributed by atoms with Gasteiger partial charge in [-0.05, 0) is 24.6 Å². The zero-order valence-electron chi connectivity index (χ0n) is 12.4. The fraction of sp³-hybridized carbons (Fsp3) is 0.400. The van der Waals surface area contributed by atoms with Crippen LogP contribution in [-0.4, -0.2) is 40.9 Å². The molecule has 0 spiro atoms. The van der Waals surface area contributed by atoms with Crippen molar-refractivity contribution in [3.8, 4) is 0 Å². The first-order chi connectivity index (χ1) is 10.5. The van der Waals surface area contributed by atoms with Crippen LogP contribution in [-0.2, 0) is 14.4 Å². The van der Waals surface area contributed by atoms with Crippen molar-refractivity contribution in [1.29, 1.82) is 0 Å². The molecular weight excluding hydrogens is 304 g/mol. The van der Waals surface area contributed by atoms with Crippen molar-refractivity contribution in [2.45, 2.75) is 19.8 Å². The van der Waals surface area contributed by atoms with E-state index in [0.29, 0.717) is 5.75 Å². The maximum Gasteiger partial charge on any atom is 0.305 e. The summed E-state index contributed by atoms with van der Waals surface area (Å²) in [7, 11) is 0. The molecular formula is C15H20N2O4S. The third-order valence-corrected chi connectivity index (χ3v) is 3.63. The lowest BCUT2D eigenvalue weighted by molar-refractivity contribution is -0.137. The predicted octanol–water partition coefficient (Wildman–Crippen LogP) is 1.65. The molecule has 0 atom stereocenters. The van der Waals surface area contributed by atoms with Crippen LogP contribution in [0.15, 0.2) is 24.3 Å². The average molecular weight is 324 g/mol. The molecule has 3 N–H and O–H groups in total. The van der Waals surface area contributed by atoms with Crippen LogP contribution < -0.4 is 10.6 Å². The van der Waals surface area contributed by atoms with Crippen LogP contribution in [0, 0.1) is 6.92 Å². The average Bonchev–Trinajstić information content (AvgIpc) is 2.43. The molecule has 0 saturated carbocycles. The smallest absolute Gasteiger partial charge is 0.305 e. The van der Waals surface area contributed by atoms with Gasteiger partial charge in [-0.3, -0.25) is 14.4 Å². The molecule has 7 heteroatoms. The summed E-state index contributed by atoms with van der Waals surface area (Å²) >= 11 is 1.36. The Kier molecular flexibility index (Phi) is 8.06. The summed E-state index contributed by atoms with van der Waals surface area (Å²) in [6.45, 7) is 2.08. The number of hydrogen-bond acceptors (Lipinski definition) is 4. The summed E-state index contributed by atoms with van der Waals surface area (Å²) in [6, 6.07) is 7.54. The molecule has 0 aliphatic carbocycles. The second kappa shape index (κ2) is 9.83. The van der Waals surface area contributed by atoms with Gasteiger partial charge >= 0.3 is 5.97 Å². The van der Waals surface area contributed by atoms with Gasteiger partial charge in [0.2, 0.25) is 11.8 Å². The number of thioether (sulfide) groups is 1. The van der Waals surface area contributed by atoms with Crippen LogP contribution in [0.3, 0.4) is 0 Å². The Labute approximate surface area is 133 Å². The zero-order valence-corrected chi connectivity index (χ0v) is 13.2. The number of carboxylic acids is 1. The molecule has 0 bridgehead atoms. The normalized spacial score (nSPS) is 10.0. The first-order valence-electron chi connectivity index (χ1n) is 6.90. The van der Waals surface area contributed by atoms with E-state index in [4.69, 9.17) is 5.11 Å². The van der Waals surface area contributed by atoms with E-state index in [1.54, 1.807) is 0 Å². The summed E-state index contributed by atoms with van der Waals surface area (Å²) in [5, 5.41) is 13.7. The second-order valence-corrected chi connectivity index (χ2v) is 5.82. The number of carboxylic acid groups (broad SMARTS) is 1. The van der Waals surface area contributed by atoms with Gasteiger partial charge in [0, 0.05) is 24.4 Å². The number of hydrogen-bond donors (Lipinski definition) is 3. The summed E-state index contributed by atoms with van der Waals surface area (Å²) < 4.78 is 0. The minimum absolute atomic E-state index is 0.0855. The van der Waals surface area contributed by atoms with Crippen molar-refractivity contribution in [2.75, 3.05) is 23.4 Å². The fourth-order valence-electron chi connectivity index (χ4n) is 1.65. The molecule has 6 nitrogen and oxygen atoms in total. The minimum Gasteiger partial charge on any atom is -0.481 e. The Morgan fingerprint density at radius 2 is 1.95 bits per heavy atom. The monoisotopic (exact) mass is 324 g/mol. The highest BCUT2D eigenvalue weighted by Crippen LogP contribution is 2.10. The van der Waals surface area contributed by atoms with E-state index >= 15 is 0 Å². The fourth-order valence-corrected chi connectivity index (χ4v) is 2.38. The van der Waals surface area contributed by atoms with E-state index in [-0.39, 0.29) is 37.0 Å². The number of aryl methyl sites for hydroxylation is 1. The lowest BCUT2D eigenvalue weighted by atomic mass is 10.2. The molecule has 2 amide bonds. The molecule has 0 aromatic heterocycles. The zero-order chi connectivity index (χ0) is 16.4. The third kappa shape index (κ3) is 8.31. The molecule has 0 unspecified atom stereocenters. The number of aliphatic carboxylic acids is 1. The lowest BCUT2D eigenvalue weighted by Crippen LogP contribution is -2.26. The topological polar surface area (TPSA) is 95.5 Å². The highest BCUT2D eigenvalue weighted by molar-refractivity contribution is 7.99. The Morgan fingerprint density at radius 1 is 1.18 bits per heavy atom. The van der Waals surface area contributed by atoms with Crippen LogP contribution in [0.5, 0.6) is 0 Å². The molecule has 1 rings (SSSR count). The molecule has 0 aliphatic heterocycles. The van der Waals surface area contributed by atoms with Gasteiger partial charge in [0.1, 0.15) is 0 Å². The maximum absolute atomic E-state index is 11.7. The van der Waals surface area contributed by atoms with E-state index in [0.717, 1.165) is 11.3 Å². The number of anilines is 1. The van der Waals surface area contributed by atoms with Crippen molar-refractivity contribution in [3.63, 3.8) is 0 Å². The second-order valence-electron chi connectivity index (χ2n) is 4.71. The van der Waals surface area contributed by atoms with Gasteiger partial charge < -0.3 is 15.7 Å². The quantitative estimate of drug-likeness (QED) is 0.600. The summed E-state index contributed by atoms with van der Waals surface area (Å²) in [5.74, 6) is -0.464. The standard InChI is InChI=1S/C15H20N2O4S/c1-11-3-2-4-12(9-11)17-14(19)10-22-8-6-13(18)16-7-5-15(20)21/h2-4,9H,5-8,10H2,1H3,(H,16,18)(H,17,19)(H,20,21). The molecule has 0 fully saturated rings. The van der Waals surface area contributed by atoms with Crippen LogP contribution >= 0.6 is 11.8 Å². The van der Waals surface area contributed by atoms with Gasteiger partial charge in [-0.2, -0.15) is 11.8 Å². The van der Waals surface area contributed by atoms with E-state index in [1.807, 2.05) is 31.2 Å². The largest absolute Gasteiger partial charge is 0.481 e. The van der Waals surface area contributed by atoms with Crippen LogP contribution in [0.2, 0.25) is 0 Å². The lowest BCUT2D eigenvalue weighted by Gasteiger charge is -2.06. The van der Waals surface area contributed by atoms with Crippen molar-refractivity contribution in [1.82, 2.24) is 5.32 Å². The molecule has 22 heavy (non-hydrogen) atoms. The number of carbonyl (C=O) groups is 3. The highest BCUT2D eigenvalue weighted by Gasteiger charge is 2.05. The number of rotatable bonds is 9. The number of amides is 2. The predicted molar refractivity (Wildman–Crippen MR) is 87.0 cm³/mol. The van der Waals surface area contributed by atoms with Crippen LogP contribution in [0.1, 0.15) is 18.4 Å². The first kappa shape index (κ1) is 18.0. The van der Waals surface area contributed by atoms with Gasteiger partial charge in [-0.25, -0.2) is 0 Å². The Bertz CT molecular complexity index is 534. The van der Waals surface area contributed by atoms with Crippen LogP contribution in [0.4, 0.5) is 5.69 Å². The van der Waals surface area contributed by atoms with Gasteiger partial charge in [0.15, 0.2) is 0 Å². The van der Waals surface area contributed by atoms with Crippen molar-refractivity contribution in [2.24, 2.45) is 0 Å². The van der Waals surface area contributed by atoms with E-state index < -0.39 is 5.97 Å². The summed E-state index contributed by atoms with van der Waals surface area (Å²) in [6.07, 6.45) is 0.180. The van der Waals surface area contributed by atoms with Crippen LogP contribution in [0.25, 0.3) is 0 Å². The Balaban J connectivity index is 2.12. The van der Waals surface area contributed by atoms with Gasteiger partial charge in [-0.15, -0.1) is 0 Å². The van der Waals surface area contributed by atoms with Gasteiger partial charge in [0.25, 0.3) is 0 Å². The van der Waals surface area contributed by atoms with Crippen molar-refractivity contribution < 1.29 is 19.5 Å². The van der Waals surface area contributed by atoms with E-state index in [9.17, 15) is 14.4 Å². The Hall–Kier alpha value is -2.02. The molecule has 0 heterocycles. The number of carbonyl (C=O) groups excluding carboxylic acids is 2. The number of benzene rings is 1. The molecule has 0 saturated heterocycles.